The summed E-state index contributed by atoms with van der Waals surface area (Å²) in [4.78, 5) is 8.55. The lowest BCUT2D eigenvalue weighted by molar-refractivity contribution is 0.0666. The molecule has 2 heterocycles. The molecule has 1 N–H and O–H groups in total. The van der Waals surface area contributed by atoms with Gasteiger partial charge in [0.05, 0.1) is 24.5 Å². The van der Waals surface area contributed by atoms with Crippen LogP contribution in [0.1, 0.15) is 26.2 Å². The quantitative estimate of drug-likeness (QED) is 0.814. The number of hydrogen-bond acceptors (Lipinski definition) is 5. The third-order valence-corrected chi connectivity index (χ3v) is 3.68. The molecule has 1 aromatic rings. The number of aromatic nitrogens is 2. The van der Waals surface area contributed by atoms with E-state index < -0.39 is 0 Å². The van der Waals surface area contributed by atoms with Crippen LogP contribution in [-0.2, 0) is 4.74 Å². The lowest BCUT2D eigenvalue weighted by Gasteiger charge is -2.36. The van der Waals surface area contributed by atoms with Gasteiger partial charge in [0.25, 0.3) is 0 Å². The molecule has 0 spiro atoms. The van der Waals surface area contributed by atoms with Crippen LogP contribution in [0.4, 0.5) is 5.82 Å². The second kappa shape index (κ2) is 6.91. The first-order valence-electron chi connectivity index (χ1n) is 6.65. The van der Waals surface area contributed by atoms with Crippen LogP contribution in [0.2, 0.25) is 0 Å². The molecule has 0 unspecified atom stereocenters. The molecule has 106 valence electrons. The number of nitrogens with zero attached hydrogens (tertiary/aromatic N) is 2. The third-order valence-electron chi connectivity index (χ3n) is 3.17. The largest absolute Gasteiger partial charge is 0.477 e. The molecule has 6 heteroatoms. The predicted octanol–water partition coefficient (Wildman–Crippen LogP) is 2.47. The maximum Gasteiger partial charge on any atom is 0.234 e. The summed E-state index contributed by atoms with van der Waals surface area (Å²) in [5.41, 5.74) is -0.155. The smallest absolute Gasteiger partial charge is 0.234 e. The first kappa shape index (κ1) is 14.3. The molecule has 0 amide bonds. The molecule has 1 aromatic heterocycles. The summed E-state index contributed by atoms with van der Waals surface area (Å²) in [6, 6.07) is 0. The monoisotopic (exact) mass is 285 g/mol. The van der Waals surface area contributed by atoms with Gasteiger partial charge in [-0.3, -0.25) is 4.98 Å². The first-order valence-corrected chi connectivity index (χ1v) is 7.18. The zero-order valence-corrected chi connectivity index (χ0v) is 11.9. The van der Waals surface area contributed by atoms with Crippen molar-refractivity contribution in [3.63, 3.8) is 0 Å². The molecule has 1 saturated heterocycles. The predicted molar refractivity (Wildman–Crippen MR) is 74.9 cm³/mol. The van der Waals surface area contributed by atoms with Gasteiger partial charge in [0, 0.05) is 19.1 Å². The van der Waals surface area contributed by atoms with Crippen molar-refractivity contribution >= 4 is 17.4 Å². The Kier molecular flexibility index (Phi) is 5.22. The fourth-order valence-corrected chi connectivity index (χ4v) is 2.34. The minimum Gasteiger partial charge on any atom is -0.477 e. The number of hydrogen-bond donors (Lipinski definition) is 1. The maximum absolute atomic E-state index is 6.11. The lowest BCUT2D eigenvalue weighted by atomic mass is 9.92. The van der Waals surface area contributed by atoms with Crippen LogP contribution in [0.15, 0.2) is 12.4 Å². The van der Waals surface area contributed by atoms with Crippen LogP contribution in [0, 0.1) is 0 Å². The minimum atomic E-state index is -0.155. The molecule has 0 aliphatic carbocycles. The summed E-state index contributed by atoms with van der Waals surface area (Å²) in [6.07, 6.45) is 6.01. The first-order chi connectivity index (χ1) is 9.28. The lowest BCUT2D eigenvalue weighted by Crippen LogP contribution is -2.45. The Labute approximate surface area is 118 Å². The van der Waals surface area contributed by atoms with Crippen LogP contribution >= 0.6 is 11.6 Å². The highest BCUT2D eigenvalue weighted by Crippen LogP contribution is 2.26. The Bertz CT molecular complexity index is 397. The summed E-state index contributed by atoms with van der Waals surface area (Å²) in [5.74, 6) is 1.78. The molecule has 0 bridgehead atoms. The number of anilines is 1. The van der Waals surface area contributed by atoms with Crippen molar-refractivity contribution in [1.29, 1.82) is 0 Å². The van der Waals surface area contributed by atoms with Gasteiger partial charge in [-0.05, 0) is 19.3 Å². The number of rotatable bonds is 6. The Hall–Kier alpha value is -1.07. The molecule has 1 aliphatic rings. The molecule has 0 saturated carbocycles. The molecule has 5 nitrogen and oxygen atoms in total. The summed E-state index contributed by atoms with van der Waals surface area (Å²) in [7, 11) is 0. The summed E-state index contributed by atoms with van der Waals surface area (Å²) >= 11 is 6.11. The molecule has 0 radical (unpaired) electrons. The topological polar surface area (TPSA) is 56.3 Å². The highest BCUT2D eigenvalue weighted by molar-refractivity contribution is 6.18. The van der Waals surface area contributed by atoms with E-state index in [4.69, 9.17) is 21.1 Å². The van der Waals surface area contributed by atoms with Gasteiger partial charge in [-0.15, -0.1) is 11.6 Å². The van der Waals surface area contributed by atoms with Crippen molar-refractivity contribution in [2.45, 2.75) is 31.7 Å². The summed E-state index contributed by atoms with van der Waals surface area (Å²) in [5, 5.41) is 3.40. The van der Waals surface area contributed by atoms with Gasteiger partial charge in [-0.1, -0.05) is 6.92 Å². The van der Waals surface area contributed by atoms with Crippen molar-refractivity contribution < 1.29 is 9.47 Å². The standard InChI is InChI=1S/C13H20ClN3O2/c1-2-5-19-12-9-15-8-11(16-12)17-13(10-14)3-6-18-7-4-13/h8-9H,2-7,10H2,1H3,(H,16,17). The Balaban J connectivity index is 2.04. The van der Waals surface area contributed by atoms with E-state index in [1.54, 1.807) is 12.4 Å². The van der Waals surface area contributed by atoms with Crippen molar-refractivity contribution in [1.82, 2.24) is 9.97 Å². The Morgan fingerprint density at radius 1 is 1.42 bits per heavy atom. The molecule has 1 fully saturated rings. The van der Waals surface area contributed by atoms with Crippen molar-refractivity contribution in [3.05, 3.63) is 12.4 Å². The molecular weight excluding hydrogens is 266 g/mol. The van der Waals surface area contributed by atoms with Crippen molar-refractivity contribution in [2.75, 3.05) is 31.0 Å². The average Bonchev–Trinajstić information content (AvgIpc) is 2.46. The third kappa shape index (κ3) is 3.94. The fraction of sp³-hybridized carbons (Fsp3) is 0.692. The van der Waals surface area contributed by atoms with Crippen LogP contribution < -0.4 is 10.1 Å². The number of halogens is 1. The Morgan fingerprint density at radius 3 is 2.89 bits per heavy atom. The second-order valence-electron chi connectivity index (χ2n) is 4.74. The van der Waals surface area contributed by atoms with Crippen LogP contribution in [0.25, 0.3) is 0 Å². The van der Waals surface area contributed by atoms with Gasteiger partial charge in [-0.2, -0.15) is 4.98 Å². The van der Waals surface area contributed by atoms with E-state index in [9.17, 15) is 0 Å². The molecule has 0 aromatic carbocycles. The molecule has 1 aliphatic heterocycles. The van der Waals surface area contributed by atoms with Crippen LogP contribution in [0.5, 0.6) is 5.88 Å². The summed E-state index contributed by atoms with van der Waals surface area (Å²) < 4.78 is 10.9. The van der Waals surface area contributed by atoms with E-state index in [1.165, 1.54) is 0 Å². The van der Waals surface area contributed by atoms with Gasteiger partial charge in [-0.25, -0.2) is 0 Å². The molecular formula is C13H20ClN3O2. The summed E-state index contributed by atoms with van der Waals surface area (Å²) in [6.45, 7) is 4.14. The molecule has 2 rings (SSSR count). The second-order valence-corrected chi connectivity index (χ2v) is 5.01. The van der Waals surface area contributed by atoms with Crippen molar-refractivity contribution in [3.8, 4) is 5.88 Å². The van der Waals surface area contributed by atoms with E-state index in [2.05, 4.69) is 22.2 Å². The van der Waals surface area contributed by atoms with Crippen LogP contribution in [0.3, 0.4) is 0 Å². The highest BCUT2D eigenvalue weighted by atomic mass is 35.5. The van der Waals surface area contributed by atoms with Gasteiger partial charge < -0.3 is 14.8 Å². The van der Waals surface area contributed by atoms with E-state index in [-0.39, 0.29) is 5.54 Å². The maximum atomic E-state index is 6.11. The van der Waals surface area contributed by atoms with Crippen LogP contribution in [-0.4, -0.2) is 41.2 Å². The molecule has 0 atom stereocenters. The zero-order chi connectivity index (χ0) is 13.6. The minimum absolute atomic E-state index is 0.155. The SMILES string of the molecule is CCCOc1cncc(NC2(CCl)CCOCC2)n1. The zero-order valence-electron chi connectivity index (χ0n) is 11.2. The fourth-order valence-electron chi connectivity index (χ4n) is 2.01. The van der Waals surface area contributed by atoms with E-state index in [0.29, 0.717) is 24.2 Å². The number of ether oxygens (including phenoxy) is 2. The van der Waals surface area contributed by atoms with Gasteiger partial charge in [0.2, 0.25) is 5.88 Å². The van der Waals surface area contributed by atoms with Crippen molar-refractivity contribution in [2.24, 2.45) is 0 Å². The van der Waals surface area contributed by atoms with E-state index >= 15 is 0 Å². The average molecular weight is 286 g/mol. The van der Waals surface area contributed by atoms with E-state index in [1.807, 2.05) is 0 Å². The highest BCUT2D eigenvalue weighted by Gasteiger charge is 2.32. The molecule has 19 heavy (non-hydrogen) atoms. The number of nitrogens with one attached hydrogen (secondary N) is 1. The van der Waals surface area contributed by atoms with Gasteiger partial charge in [0.1, 0.15) is 5.82 Å². The van der Waals surface area contributed by atoms with Gasteiger partial charge >= 0.3 is 0 Å². The van der Waals surface area contributed by atoms with E-state index in [0.717, 1.165) is 32.5 Å². The Morgan fingerprint density at radius 2 is 2.21 bits per heavy atom. The van der Waals surface area contributed by atoms with Gasteiger partial charge in [0.15, 0.2) is 0 Å². The number of alkyl halides is 1. The normalized spacial score (nSPS) is 18.0.